The monoisotopic (exact) mass is 451 g/mol. The molecule has 1 aromatic heterocycles. The highest BCUT2D eigenvalue weighted by atomic mass is 19.1. The second-order valence-corrected chi connectivity index (χ2v) is 7.53. The van der Waals surface area contributed by atoms with E-state index in [2.05, 4.69) is 20.5 Å². The van der Waals surface area contributed by atoms with Crippen LogP contribution in [0.15, 0.2) is 54.7 Å². The van der Waals surface area contributed by atoms with E-state index in [0.717, 1.165) is 25.0 Å². The summed E-state index contributed by atoms with van der Waals surface area (Å²) in [5.41, 5.74) is 8.49. The average Bonchev–Trinajstić information content (AvgIpc) is 2.85. The Morgan fingerprint density at radius 1 is 1.18 bits per heavy atom. The maximum Gasteiger partial charge on any atom is 0.249 e. The number of hydrogen-bond acceptors (Lipinski definition) is 7. The van der Waals surface area contributed by atoms with E-state index in [4.69, 9.17) is 15.2 Å². The zero-order chi connectivity index (χ0) is 23.2. The van der Waals surface area contributed by atoms with Crippen molar-refractivity contribution < 1.29 is 18.7 Å². The van der Waals surface area contributed by atoms with Gasteiger partial charge in [-0.3, -0.25) is 4.79 Å². The molecule has 1 aliphatic rings. The van der Waals surface area contributed by atoms with Gasteiger partial charge in [0.2, 0.25) is 5.91 Å². The number of primary amides is 1. The Labute approximate surface area is 191 Å². The molecule has 2 heterocycles. The number of anilines is 4. The number of carbonyl (C=O) groups excluding carboxylic acids is 1. The van der Waals surface area contributed by atoms with Gasteiger partial charge in [0.05, 0.1) is 37.9 Å². The molecule has 33 heavy (non-hydrogen) atoms. The number of benzene rings is 2. The molecule has 1 aliphatic heterocycles. The van der Waals surface area contributed by atoms with Gasteiger partial charge in [0, 0.05) is 43.0 Å². The van der Waals surface area contributed by atoms with Crippen LogP contribution in [0.4, 0.5) is 27.3 Å². The van der Waals surface area contributed by atoms with Gasteiger partial charge in [-0.1, -0.05) is 18.2 Å². The fourth-order valence-electron chi connectivity index (χ4n) is 3.69. The molecule has 0 atom stereocenters. The quantitative estimate of drug-likeness (QED) is 0.482. The van der Waals surface area contributed by atoms with E-state index >= 15 is 0 Å². The molecule has 4 rings (SSSR count). The number of nitrogens with zero attached hydrogens (tertiary/aromatic N) is 2. The summed E-state index contributed by atoms with van der Waals surface area (Å²) in [6.45, 7) is 3.27. The summed E-state index contributed by atoms with van der Waals surface area (Å²) < 4.78 is 25.4. The highest BCUT2D eigenvalue weighted by Crippen LogP contribution is 2.32. The fourth-order valence-corrected chi connectivity index (χ4v) is 3.69. The van der Waals surface area contributed by atoms with Crippen LogP contribution in [0.25, 0.3) is 0 Å². The molecule has 0 spiro atoms. The van der Waals surface area contributed by atoms with Gasteiger partial charge in [-0.05, 0) is 23.8 Å². The van der Waals surface area contributed by atoms with Crippen LogP contribution in [-0.4, -0.2) is 44.3 Å². The molecule has 3 aromatic rings. The third-order valence-electron chi connectivity index (χ3n) is 5.43. The lowest BCUT2D eigenvalue weighted by Gasteiger charge is -2.29. The SMILES string of the molecule is COc1cc(N2CCOCC2)ccc1Nc1cc(NCc2ccccc2C(N)=O)c(F)cn1. The summed E-state index contributed by atoms with van der Waals surface area (Å²) >= 11 is 0. The Morgan fingerprint density at radius 2 is 1.97 bits per heavy atom. The smallest absolute Gasteiger partial charge is 0.249 e. The van der Waals surface area contributed by atoms with Gasteiger partial charge >= 0.3 is 0 Å². The number of pyridine rings is 1. The summed E-state index contributed by atoms with van der Waals surface area (Å²) in [6, 6.07) is 14.4. The molecule has 1 saturated heterocycles. The molecule has 2 aromatic carbocycles. The van der Waals surface area contributed by atoms with E-state index in [1.54, 1.807) is 37.4 Å². The molecule has 1 fully saturated rings. The number of hydrogen-bond donors (Lipinski definition) is 3. The van der Waals surface area contributed by atoms with Crippen LogP contribution in [0.3, 0.4) is 0 Å². The number of halogens is 1. The Kier molecular flexibility index (Phi) is 6.89. The second kappa shape index (κ2) is 10.2. The number of nitrogens with one attached hydrogen (secondary N) is 2. The molecule has 9 heteroatoms. The van der Waals surface area contributed by atoms with Crippen LogP contribution in [0, 0.1) is 5.82 Å². The standard InChI is InChI=1S/C24H26FN5O3/c1-32-22-12-17(30-8-10-33-11-9-30)6-7-20(22)29-23-13-21(19(25)15-28-23)27-14-16-4-2-3-5-18(16)24(26)31/h2-7,12-13,15H,8-11,14H2,1H3,(H2,26,31)(H2,27,28,29). The number of carbonyl (C=O) groups is 1. The first-order chi connectivity index (χ1) is 16.0. The summed E-state index contributed by atoms with van der Waals surface area (Å²) in [6.07, 6.45) is 1.14. The Balaban J connectivity index is 1.50. The maximum atomic E-state index is 14.4. The predicted octanol–water partition coefficient (Wildman–Crippen LogP) is 3.52. The molecule has 8 nitrogen and oxygen atoms in total. The lowest BCUT2D eigenvalue weighted by molar-refractivity contribution is 0.0999. The van der Waals surface area contributed by atoms with Gasteiger partial charge in [0.1, 0.15) is 11.6 Å². The maximum absolute atomic E-state index is 14.4. The van der Waals surface area contributed by atoms with E-state index in [0.29, 0.717) is 41.6 Å². The van der Waals surface area contributed by atoms with Crippen LogP contribution in [0.5, 0.6) is 5.75 Å². The van der Waals surface area contributed by atoms with Crippen molar-refractivity contribution in [1.29, 1.82) is 0 Å². The van der Waals surface area contributed by atoms with E-state index in [1.807, 2.05) is 18.2 Å². The fraction of sp³-hybridized carbons (Fsp3) is 0.250. The highest BCUT2D eigenvalue weighted by Gasteiger charge is 2.15. The van der Waals surface area contributed by atoms with Crippen molar-refractivity contribution in [2.24, 2.45) is 5.73 Å². The zero-order valence-electron chi connectivity index (χ0n) is 18.3. The molecule has 0 saturated carbocycles. The molecular formula is C24H26FN5O3. The molecule has 0 unspecified atom stereocenters. The largest absolute Gasteiger partial charge is 0.494 e. The van der Waals surface area contributed by atoms with Crippen molar-refractivity contribution in [3.05, 3.63) is 71.7 Å². The Bertz CT molecular complexity index is 1130. The Morgan fingerprint density at radius 3 is 2.73 bits per heavy atom. The minimum atomic E-state index is -0.530. The summed E-state index contributed by atoms with van der Waals surface area (Å²) in [5.74, 6) is 0.0545. The molecule has 1 amide bonds. The van der Waals surface area contributed by atoms with Crippen molar-refractivity contribution in [2.45, 2.75) is 6.54 Å². The second-order valence-electron chi connectivity index (χ2n) is 7.53. The third-order valence-corrected chi connectivity index (χ3v) is 5.43. The summed E-state index contributed by atoms with van der Waals surface area (Å²) in [5, 5.41) is 6.21. The van der Waals surface area contributed by atoms with Gasteiger partial charge in [-0.2, -0.15) is 0 Å². The summed E-state index contributed by atoms with van der Waals surface area (Å²) in [7, 11) is 1.60. The number of morpholine rings is 1. The number of rotatable bonds is 8. The first-order valence-corrected chi connectivity index (χ1v) is 10.6. The number of amides is 1. The van der Waals surface area contributed by atoms with E-state index in [9.17, 15) is 9.18 Å². The lowest BCUT2D eigenvalue weighted by atomic mass is 10.1. The Hall–Kier alpha value is -3.85. The third kappa shape index (κ3) is 5.32. The molecular weight excluding hydrogens is 425 g/mol. The van der Waals surface area contributed by atoms with E-state index < -0.39 is 11.7 Å². The van der Waals surface area contributed by atoms with Crippen molar-refractivity contribution in [2.75, 3.05) is 48.9 Å². The van der Waals surface area contributed by atoms with Crippen molar-refractivity contribution in [3.8, 4) is 5.75 Å². The minimum absolute atomic E-state index is 0.233. The van der Waals surface area contributed by atoms with E-state index in [1.165, 1.54) is 0 Å². The van der Waals surface area contributed by atoms with Crippen LogP contribution in [0.1, 0.15) is 15.9 Å². The number of ether oxygens (including phenoxy) is 2. The van der Waals surface area contributed by atoms with Gasteiger partial charge in [-0.25, -0.2) is 9.37 Å². The zero-order valence-corrected chi connectivity index (χ0v) is 18.3. The lowest BCUT2D eigenvalue weighted by Crippen LogP contribution is -2.36. The van der Waals surface area contributed by atoms with Crippen molar-refractivity contribution in [3.63, 3.8) is 0 Å². The van der Waals surface area contributed by atoms with E-state index in [-0.39, 0.29) is 12.2 Å². The van der Waals surface area contributed by atoms with Crippen LogP contribution in [0.2, 0.25) is 0 Å². The first kappa shape index (κ1) is 22.3. The predicted molar refractivity (Wildman–Crippen MR) is 126 cm³/mol. The minimum Gasteiger partial charge on any atom is -0.494 e. The molecule has 0 aliphatic carbocycles. The molecule has 0 radical (unpaired) electrons. The molecule has 4 N–H and O–H groups in total. The normalized spacial score (nSPS) is 13.5. The molecule has 0 bridgehead atoms. The number of nitrogens with two attached hydrogens (primary N) is 1. The first-order valence-electron chi connectivity index (χ1n) is 10.6. The summed E-state index contributed by atoms with van der Waals surface area (Å²) in [4.78, 5) is 18.0. The average molecular weight is 452 g/mol. The van der Waals surface area contributed by atoms with Crippen molar-refractivity contribution in [1.82, 2.24) is 4.98 Å². The van der Waals surface area contributed by atoms with Crippen molar-refractivity contribution >= 4 is 28.8 Å². The van der Waals surface area contributed by atoms with Gasteiger partial charge in [-0.15, -0.1) is 0 Å². The van der Waals surface area contributed by atoms with Crippen LogP contribution >= 0.6 is 0 Å². The van der Waals surface area contributed by atoms with Gasteiger partial charge in [0.25, 0.3) is 0 Å². The number of aromatic nitrogens is 1. The highest BCUT2D eigenvalue weighted by molar-refractivity contribution is 5.94. The number of methoxy groups -OCH3 is 1. The topological polar surface area (TPSA) is 102 Å². The molecule has 172 valence electrons. The van der Waals surface area contributed by atoms with Crippen LogP contribution in [-0.2, 0) is 11.3 Å². The van der Waals surface area contributed by atoms with Gasteiger partial charge in [0.15, 0.2) is 5.82 Å². The van der Waals surface area contributed by atoms with Crippen LogP contribution < -0.4 is 26.0 Å². The van der Waals surface area contributed by atoms with Gasteiger partial charge < -0.3 is 30.7 Å².